The highest BCUT2D eigenvalue weighted by atomic mass is 32.2. The molecule has 8 unspecified atom stereocenters. The maximum Gasteiger partial charge on any atom is 0.404 e. The van der Waals surface area contributed by atoms with E-state index < -0.39 is 67.2 Å². The van der Waals surface area contributed by atoms with Gasteiger partial charge in [0.2, 0.25) is 0 Å². The third-order valence-electron chi connectivity index (χ3n) is 12.0. The monoisotopic (exact) mass is 1020 g/mol. The van der Waals surface area contributed by atoms with Gasteiger partial charge >= 0.3 is 23.2 Å². The minimum Gasteiger partial charge on any atom is -0.313 e. The van der Waals surface area contributed by atoms with Gasteiger partial charge < -0.3 is 9.79 Å². The first kappa shape index (κ1) is 57.1. The zero-order valence-corrected chi connectivity index (χ0v) is 43.6. The molecular formula is C48H72N3O11P3S2. The van der Waals surface area contributed by atoms with Crippen LogP contribution in [-0.2, 0) is 75.8 Å². The summed E-state index contributed by atoms with van der Waals surface area (Å²) in [6, 6.07) is 37.1. The van der Waals surface area contributed by atoms with Gasteiger partial charge in [-0.1, -0.05) is 121 Å². The first-order valence-corrected chi connectivity index (χ1v) is 30.7. The molecule has 0 bridgehead atoms. The third kappa shape index (κ3) is 20.0. The van der Waals surface area contributed by atoms with Gasteiger partial charge in [0.15, 0.2) is 0 Å². The number of rotatable bonds is 32. The molecule has 0 aliphatic rings. The van der Waals surface area contributed by atoms with E-state index in [2.05, 4.69) is 0 Å². The summed E-state index contributed by atoms with van der Waals surface area (Å²) in [4.78, 5) is 19.6. The highest BCUT2D eigenvalue weighted by Gasteiger charge is 2.42. The molecular weight excluding hydrogens is 952 g/mol. The SMILES string of the molecule is CC(CCCCS(=O)CCCCC(C)(OP(N)(=O)OC(C)(CCCCS(=O)CCCCC(C)(OP(N)(=O)O)c1ccccc1)c1ccccc1)c1ccccc1)(OP(N)(=O)O)c1ccccc1. The van der Waals surface area contributed by atoms with Crippen LogP contribution in [0.5, 0.6) is 0 Å². The van der Waals surface area contributed by atoms with Crippen molar-refractivity contribution in [2.75, 3.05) is 23.0 Å². The number of hydrogen-bond acceptors (Lipinski definition) is 9. The molecule has 0 spiro atoms. The molecule has 0 amide bonds. The smallest absolute Gasteiger partial charge is 0.313 e. The summed E-state index contributed by atoms with van der Waals surface area (Å²) in [6.45, 7) is 7.15. The minimum absolute atomic E-state index is 0.415. The van der Waals surface area contributed by atoms with Crippen molar-refractivity contribution in [2.45, 2.75) is 127 Å². The molecule has 4 aromatic rings. The molecule has 0 aliphatic heterocycles. The molecule has 372 valence electrons. The number of benzene rings is 4. The number of nitrogens with two attached hydrogens (primary N) is 3. The van der Waals surface area contributed by atoms with Crippen LogP contribution in [0, 0.1) is 0 Å². The lowest BCUT2D eigenvalue weighted by Gasteiger charge is -2.37. The largest absolute Gasteiger partial charge is 0.404 e. The molecule has 0 aromatic heterocycles. The molecule has 14 nitrogen and oxygen atoms in total. The van der Waals surface area contributed by atoms with Crippen LogP contribution in [0.4, 0.5) is 0 Å². The lowest BCUT2D eigenvalue weighted by molar-refractivity contribution is 0.00141. The van der Waals surface area contributed by atoms with Gasteiger partial charge in [-0.3, -0.25) is 26.5 Å². The fourth-order valence-electron chi connectivity index (χ4n) is 8.40. The summed E-state index contributed by atoms with van der Waals surface area (Å²) < 4.78 is 88.3. The van der Waals surface area contributed by atoms with Gasteiger partial charge in [0.05, 0.1) is 0 Å². The predicted molar refractivity (Wildman–Crippen MR) is 270 cm³/mol. The first-order valence-electron chi connectivity index (χ1n) is 22.8. The lowest BCUT2D eigenvalue weighted by atomic mass is 9.91. The second kappa shape index (κ2) is 26.1. The summed E-state index contributed by atoms with van der Waals surface area (Å²) in [7, 11) is -15.0. The molecule has 8 atom stereocenters. The zero-order valence-electron chi connectivity index (χ0n) is 39.3. The Kier molecular flexibility index (Phi) is 22.2. The Morgan fingerprint density at radius 2 is 0.612 bits per heavy atom. The Labute approximate surface area is 403 Å². The van der Waals surface area contributed by atoms with Crippen molar-refractivity contribution in [1.29, 1.82) is 0 Å². The maximum absolute atomic E-state index is 14.4. The van der Waals surface area contributed by atoms with Crippen LogP contribution in [0.15, 0.2) is 121 Å². The summed E-state index contributed by atoms with van der Waals surface area (Å²) in [5.74, 6) is 1.81. The van der Waals surface area contributed by atoms with E-state index in [1.54, 1.807) is 13.8 Å². The van der Waals surface area contributed by atoms with Crippen LogP contribution in [0.3, 0.4) is 0 Å². The summed E-state index contributed by atoms with van der Waals surface area (Å²) in [5.41, 5.74) is 15.9. The van der Waals surface area contributed by atoms with E-state index in [9.17, 15) is 31.9 Å². The Balaban J connectivity index is 1.30. The molecule has 4 rings (SSSR count). The molecule has 0 saturated carbocycles. The average Bonchev–Trinajstić information content (AvgIpc) is 3.27. The van der Waals surface area contributed by atoms with Crippen LogP contribution in [-0.4, -0.2) is 41.2 Å². The zero-order chi connectivity index (χ0) is 49.2. The fourth-order valence-corrected chi connectivity index (χ4v) is 14.0. The Hall–Kier alpha value is -2.49. The van der Waals surface area contributed by atoms with Gasteiger partial charge in [-0.2, -0.15) is 0 Å². The predicted octanol–water partition coefficient (Wildman–Crippen LogP) is 11.1. The van der Waals surface area contributed by atoms with Crippen LogP contribution in [0.1, 0.15) is 127 Å². The molecule has 19 heteroatoms. The minimum atomic E-state index is -4.27. The van der Waals surface area contributed by atoms with Crippen LogP contribution in [0.2, 0.25) is 0 Å². The molecule has 67 heavy (non-hydrogen) atoms. The Morgan fingerprint density at radius 1 is 0.403 bits per heavy atom. The molecule has 8 N–H and O–H groups in total. The fraction of sp³-hybridized carbons (Fsp3) is 0.500. The number of hydrogen-bond donors (Lipinski definition) is 5. The van der Waals surface area contributed by atoms with Gasteiger partial charge in [0.25, 0.3) is 0 Å². The highest BCUT2D eigenvalue weighted by Crippen LogP contribution is 2.55. The Morgan fingerprint density at radius 3 is 0.821 bits per heavy atom. The van der Waals surface area contributed by atoms with E-state index in [1.165, 1.54) is 0 Å². The van der Waals surface area contributed by atoms with Crippen molar-refractivity contribution >= 4 is 44.8 Å². The van der Waals surface area contributed by atoms with Gasteiger partial charge in [0.1, 0.15) is 22.4 Å². The van der Waals surface area contributed by atoms with E-state index in [4.69, 9.17) is 34.6 Å². The molecule has 0 radical (unpaired) electrons. The normalized spacial score (nSPS) is 19.2. The second-order valence-electron chi connectivity index (χ2n) is 17.9. The van der Waals surface area contributed by atoms with Crippen molar-refractivity contribution in [3.05, 3.63) is 144 Å². The molecule has 4 aromatic carbocycles. The van der Waals surface area contributed by atoms with Crippen LogP contribution < -0.4 is 16.5 Å². The molecule has 0 fully saturated rings. The summed E-state index contributed by atoms with van der Waals surface area (Å²) in [6.07, 6.45) is 6.57. The first-order chi connectivity index (χ1) is 31.5. The van der Waals surface area contributed by atoms with E-state index in [0.717, 1.165) is 22.3 Å². The average molecular weight is 1020 g/mol. The molecule has 0 saturated heterocycles. The van der Waals surface area contributed by atoms with Gasteiger partial charge in [-0.15, -0.1) is 0 Å². The standard InChI is InChI=1S/C48H72N3O11P3S2/c1-45(59-63(49,52)53,41-25-9-5-10-26-41)33-17-21-37-66(57)39-23-19-35-47(3,43-29-13-7-14-30-43)61-65(51,56)62-48(4,44-31-15-8-16-32-44)36-20-24-40-67(58)38-22-18-34-46(2,60-64(50,54)55)42-27-11-6-12-28-42/h5-16,25-32H,17-24,33-40H2,1-4H3,(H2,51,56)(H3,49,52,53)(H3,50,54,55). The summed E-state index contributed by atoms with van der Waals surface area (Å²) >= 11 is 0. The van der Waals surface area contributed by atoms with Crippen molar-refractivity contribution in [3.63, 3.8) is 0 Å². The Bertz CT molecular complexity index is 2140. The van der Waals surface area contributed by atoms with Crippen LogP contribution >= 0.6 is 23.2 Å². The maximum atomic E-state index is 14.4. The van der Waals surface area contributed by atoms with E-state index in [1.807, 2.05) is 135 Å². The van der Waals surface area contributed by atoms with Crippen molar-refractivity contribution in [2.24, 2.45) is 16.5 Å². The van der Waals surface area contributed by atoms with Crippen molar-refractivity contribution < 1.29 is 50.0 Å². The topological polar surface area (TPSA) is 241 Å². The highest BCUT2D eigenvalue weighted by molar-refractivity contribution is 7.85. The lowest BCUT2D eigenvalue weighted by Crippen LogP contribution is -2.32. The molecule has 0 heterocycles. The second-order valence-corrected chi connectivity index (χ2v) is 25.4. The van der Waals surface area contributed by atoms with Gasteiger partial charge in [-0.05, 0) is 127 Å². The van der Waals surface area contributed by atoms with Gasteiger partial charge in [0, 0.05) is 44.6 Å². The summed E-state index contributed by atoms with van der Waals surface area (Å²) in [5, 5.41) is 0. The van der Waals surface area contributed by atoms with E-state index >= 15 is 0 Å². The van der Waals surface area contributed by atoms with E-state index in [-0.39, 0.29) is 0 Å². The van der Waals surface area contributed by atoms with E-state index in [0.29, 0.717) is 100 Å². The molecule has 0 aliphatic carbocycles. The quantitative estimate of drug-likeness (QED) is 0.0226. The van der Waals surface area contributed by atoms with Gasteiger partial charge in [-0.25, -0.2) is 30.2 Å². The third-order valence-corrected chi connectivity index (χ3v) is 17.6. The van der Waals surface area contributed by atoms with Crippen LogP contribution in [0.25, 0.3) is 0 Å². The van der Waals surface area contributed by atoms with Crippen molar-refractivity contribution in [3.8, 4) is 0 Å². The van der Waals surface area contributed by atoms with Crippen molar-refractivity contribution in [1.82, 2.24) is 0 Å². The number of unbranched alkanes of at least 4 members (excludes halogenated alkanes) is 4.